The number of halogens is 2. The second-order valence-electron chi connectivity index (χ2n) is 33.6. The molecule has 0 aliphatic carbocycles. The Hall–Kier alpha value is -9.88. The highest BCUT2D eigenvalue weighted by molar-refractivity contribution is 7.99. The van der Waals surface area contributed by atoms with Crippen molar-refractivity contribution in [2.24, 2.45) is 5.92 Å². The fourth-order valence-corrected chi connectivity index (χ4v) is 21.7. The Morgan fingerprint density at radius 2 is 0.912 bits per heavy atom. The maximum Gasteiger partial charge on any atom is 0.293 e. The Bertz CT molecular complexity index is 5670. The van der Waals surface area contributed by atoms with Crippen LogP contribution in [0.15, 0.2) is 250 Å². The molecule has 5 heterocycles. The molecule has 4 N–H and O–H groups in total. The molecule has 10 aromatic rings. The molecule has 23 nitrogen and oxygen atoms in total. The number of hydrogen-bond donors (Lipinski definition) is 4. The Kier molecular flexibility index (Phi) is 30.8. The molecular weight excluding hydrogens is 1690 g/mol. The van der Waals surface area contributed by atoms with Gasteiger partial charge in [-0.2, -0.15) is 0 Å². The Morgan fingerprint density at radius 3 is 1.34 bits per heavy atom. The molecule has 0 aromatic heterocycles. The van der Waals surface area contributed by atoms with Crippen LogP contribution >= 0.6 is 46.7 Å². The minimum Gasteiger partial charge on any atom is -0.376 e. The van der Waals surface area contributed by atoms with Gasteiger partial charge in [0.2, 0.25) is 0 Å². The summed E-state index contributed by atoms with van der Waals surface area (Å²) < 4.78 is 58.9. The number of amides is 2. The molecule has 125 heavy (non-hydrogen) atoms. The molecule has 5 aliphatic heterocycles. The van der Waals surface area contributed by atoms with Crippen molar-refractivity contribution in [3.63, 3.8) is 0 Å². The van der Waals surface area contributed by atoms with Crippen LogP contribution in [0.25, 0.3) is 22.3 Å². The van der Waals surface area contributed by atoms with E-state index in [0.717, 1.165) is 192 Å². The van der Waals surface area contributed by atoms with Crippen molar-refractivity contribution in [1.82, 2.24) is 33.9 Å². The second-order valence-corrected chi connectivity index (χ2v) is 40.1. The maximum absolute atomic E-state index is 13.7. The standard InChI is InChI=1S/C49H56ClN7O5S2.C47H53ClN6O5S2/c1-35(2)55-27-24-53(25-28-55)23-22-41(34-63-43-9-4-3-5-10-43)51-46-20-19-44(31-48(46)57(59)60)64(61,62)52-49(58)38-15-21-47-37(30-38)14-18-42-33-54(26-29-56(42)47)32-39-8-6-7-11-45(39)36-12-16-40(50)17-13-36;1-33(2)29-51(3)24-23-39(32-60-41-10-5-4-6-11-41)49-44-21-20-42(28-46(44)54(56)57)61(58,59)50-47(55)36-16-22-45-35(27-36)15-19-40-31-52(25-26-53(40)45)30-37-9-7-8-12-43(37)34-13-17-38(48)18-14-34/h3-13,15-17,19-21,30-31,35,41-42,51H,14,18,22-29,32-34H2,1-2H3,(H,52,58);4-14,16-18,20-22,27-28,33,39-40,49H,15,19,23-26,29-32H2,1-3H3,(H,50,55)/t41-,42-;39-,40-/m11/s1. The normalized spacial score (nSPS) is 16.8. The zero-order valence-electron chi connectivity index (χ0n) is 71.2. The number of fused-ring (bicyclic) bond motifs is 6. The van der Waals surface area contributed by atoms with Crippen LogP contribution in [-0.2, 0) is 46.0 Å². The third-order valence-electron chi connectivity index (χ3n) is 24.0. The van der Waals surface area contributed by atoms with Crippen LogP contribution in [0.3, 0.4) is 0 Å². The second kappa shape index (κ2) is 42.2. The van der Waals surface area contributed by atoms with Crippen LogP contribution in [0.5, 0.6) is 0 Å². The van der Waals surface area contributed by atoms with Crippen molar-refractivity contribution in [2.75, 3.05) is 124 Å². The van der Waals surface area contributed by atoms with E-state index < -0.39 is 41.7 Å². The summed E-state index contributed by atoms with van der Waals surface area (Å²) in [6.45, 7) is 22.1. The van der Waals surface area contributed by atoms with E-state index in [-0.39, 0.29) is 55.8 Å². The molecule has 656 valence electrons. The minimum atomic E-state index is -4.45. The summed E-state index contributed by atoms with van der Waals surface area (Å²) in [5, 5.41) is 33.0. The number of nitrogens with zero attached hydrogens (tertiary/aromatic N) is 9. The van der Waals surface area contributed by atoms with Crippen LogP contribution in [0.1, 0.15) is 96.3 Å². The number of carbonyl (C=O) groups is 2. The van der Waals surface area contributed by atoms with Crippen LogP contribution < -0.4 is 29.9 Å². The zero-order valence-corrected chi connectivity index (χ0v) is 75.9. The number of benzene rings is 10. The van der Waals surface area contributed by atoms with Crippen molar-refractivity contribution in [3.8, 4) is 22.3 Å². The van der Waals surface area contributed by atoms with E-state index in [0.29, 0.717) is 45.6 Å². The van der Waals surface area contributed by atoms with Gasteiger partial charge < -0.3 is 30.2 Å². The number of hydrogen-bond acceptors (Lipinski definition) is 21. The van der Waals surface area contributed by atoms with Crippen LogP contribution in [0, 0.1) is 26.1 Å². The van der Waals surface area contributed by atoms with Crippen molar-refractivity contribution in [3.05, 3.63) is 294 Å². The highest BCUT2D eigenvalue weighted by Gasteiger charge is 2.37. The molecule has 0 unspecified atom stereocenters. The van der Waals surface area contributed by atoms with Gasteiger partial charge in [0.05, 0.1) is 19.6 Å². The van der Waals surface area contributed by atoms with Crippen molar-refractivity contribution >= 4 is 113 Å². The smallest absolute Gasteiger partial charge is 0.293 e. The molecular formula is C96H109Cl2N13O10S4. The van der Waals surface area contributed by atoms with Gasteiger partial charge in [-0.15, -0.1) is 23.5 Å². The fraction of sp³-hybridized carbons (Fsp3) is 0.354. The largest absolute Gasteiger partial charge is 0.376 e. The monoisotopic (exact) mass is 1800 g/mol. The van der Waals surface area contributed by atoms with Crippen LogP contribution in [-0.4, -0.2) is 197 Å². The van der Waals surface area contributed by atoms with Gasteiger partial charge in [-0.25, -0.2) is 26.3 Å². The van der Waals surface area contributed by atoms with E-state index in [9.17, 15) is 46.7 Å². The summed E-state index contributed by atoms with van der Waals surface area (Å²) in [7, 11) is -6.84. The summed E-state index contributed by atoms with van der Waals surface area (Å²) in [5.74, 6) is 0.219. The molecule has 15 rings (SSSR count). The van der Waals surface area contributed by atoms with Crippen molar-refractivity contribution in [2.45, 2.75) is 129 Å². The number of thioether (sulfide) groups is 2. The number of nitro benzene ring substituents is 2. The van der Waals surface area contributed by atoms with Crippen molar-refractivity contribution < 1.29 is 36.3 Å². The summed E-state index contributed by atoms with van der Waals surface area (Å²) in [4.78, 5) is 69.2. The number of carbonyl (C=O) groups excluding carboxylic acids is 2. The quantitative estimate of drug-likeness (QED) is 0.0169. The molecule has 10 aromatic carbocycles. The number of rotatable bonds is 33. The lowest BCUT2D eigenvalue weighted by Crippen LogP contribution is -2.54. The molecule has 0 spiro atoms. The first-order valence-corrected chi connectivity index (χ1v) is 48.6. The van der Waals surface area contributed by atoms with Crippen LogP contribution in [0.4, 0.5) is 34.1 Å². The lowest BCUT2D eigenvalue weighted by molar-refractivity contribution is -0.384. The number of nitrogens with one attached hydrogen (secondary N) is 4. The lowest BCUT2D eigenvalue weighted by atomic mass is 9.92. The van der Waals surface area contributed by atoms with Gasteiger partial charge in [0, 0.05) is 188 Å². The first kappa shape index (κ1) is 91.3. The minimum absolute atomic E-state index is 0.138. The molecule has 4 atom stereocenters. The zero-order chi connectivity index (χ0) is 87.9. The number of piperazine rings is 3. The summed E-state index contributed by atoms with van der Waals surface area (Å²) in [6.07, 6.45) is 4.76. The Labute approximate surface area is 753 Å². The first-order chi connectivity index (χ1) is 60.2. The topological polar surface area (TPSA) is 260 Å². The van der Waals surface area contributed by atoms with E-state index in [1.807, 2.05) is 97.1 Å². The predicted octanol–water partition coefficient (Wildman–Crippen LogP) is 17.9. The van der Waals surface area contributed by atoms with Crippen molar-refractivity contribution in [1.29, 1.82) is 0 Å². The van der Waals surface area contributed by atoms with E-state index in [1.165, 1.54) is 46.5 Å². The molecule has 0 radical (unpaired) electrons. The maximum atomic E-state index is 13.7. The highest BCUT2D eigenvalue weighted by Crippen LogP contribution is 2.40. The molecule has 29 heteroatoms. The SMILES string of the molecule is CC(C)CN(C)CC[C@H](CSc1ccccc1)Nc1ccc(S(=O)(=O)NC(=O)c2ccc3c(c2)CC[C@@H]2CN(Cc4ccccc4-c4ccc(Cl)cc4)CCN32)cc1[N+](=O)[O-].CC(C)N1CCN(CC[C@H](CSc2ccccc2)Nc2ccc(S(=O)(=O)NC(=O)c3ccc4c(c3)CC[C@@H]3CN(Cc5ccccc5-c5ccc(Cl)cc5)CCN43)cc2[N+](=O)[O-])CC1. The van der Waals surface area contributed by atoms with Gasteiger partial charge >= 0.3 is 0 Å². The number of sulfonamides is 2. The van der Waals surface area contributed by atoms with Crippen LogP contribution in [0.2, 0.25) is 10.0 Å². The highest BCUT2D eigenvalue weighted by atomic mass is 35.5. The fourth-order valence-electron chi connectivity index (χ4n) is 17.5. The van der Waals surface area contributed by atoms with Gasteiger partial charge in [0.15, 0.2) is 0 Å². The van der Waals surface area contributed by atoms with Gasteiger partial charge in [0.1, 0.15) is 11.4 Å². The Morgan fingerprint density at radius 1 is 0.496 bits per heavy atom. The number of aryl methyl sites for hydroxylation is 2. The van der Waals surface area contributed by atoms with E-state index in [2.05, 4.69) is 162 Å². The number of anilines is 4. The van der Waals surface area contributed by atoms with Gasteiger partial charge in [-0.3, -0.25) is 44.5 Å². The third-order valence-corrected chi connectivity index (χ3v) is 29.6. The lowest BCUT2D eigenvalue weighted by Gasteiger charge is -2.46. The molecule has 2 amide bonds. The van der Waals surface area contributed by atoms with Gasteiger partial charge in [-0.1, -0.05) is 146 Å². The third kappa shape index (κ3) is 24.1. The van der Waals surface area contributed by atoms with Gasteiger partial charge in [-0.05, 0) is 226 Å². The predicted molar refractivity (Wildman–Crippen MR) is 505 cm³/mol. The van der Waals surface area contributed by atoms with E-state index in [1.54, 1.807) is 47.8 Å². The first-order valence-electron chi connectivity index (χ1n) is 42.9. The average Bonchev–Trinajstić information content (AvgIpc) is 0.779. The summed E-state index contributed by atoms with van der Waals surface area (Å²) >= 11 is 15.6. The molecule has 0 bridgehead atoms. The van der Waals surface area contributed by atoms with E-state index in [4.69, 9.17) is 23.2 Å². The number of nitro groups is 2. The Balaban J connectivity index is 0.000000203. The molecule has 0 saturated carbocycles. The summed E-state index contributed by atoms with van der Waals surface area (Å²) in [5.41, 5.74) is 11.4. The summed E-state index contributed by atoms with van der Waals surface area (Å²) in [6, 6.07) is 71.9. The molecule has 5 aliphatic rings. The average molecular weight is 1800 g/mol. The molecule has 3 saturated heterocycles. The molecule has 3 fully saturated rings. The van der Waals surface area contributed by atoms with E-state index >= 15 is 0 Å². The van der Waals surface area contributed by atoms with Gasteiger partial charge in [0.25, 0.3) is 43.2 Å².